The summed E-state index contributed by atoms with van der Waals surface area (Å²) in [5.41, 5.74) is 6.08. The van der Waals surface area contributed by atoms with Crippen molar-refractivity contribution in [2.24, 2.45) is 5.73 Å². The number of hydrogen-bond donors (Lipinski definition) is 1. The molecule has 1 atom stereocenters. The van der Waals surface area contributed by atoms with E-state index in [9.17, 15) is 4.79 Å². The Hall–Kier alpha value is -0.610. The molecule has 1 fully saturated rings. The summed E-state index contributed by atoms with van der Waals surface area (Å²) in [6, 6.07) is 0.190. The van der Waals surface area contributed by atoms with Gasteiger partial charge < -0.3 is 10.6 Å². The van der Waals surface area contributed by atoms with Gasteiger partial charge in [-0.1, -0.05) is 0 Å². The van der Waals surface area contributed by atoms with Crippen molar-refractivity contribution in [1.29, 1.82) is 0 Å². The average molecular weight is 255 g/mol. The Morgan fingerprint density at radius 2 is 2.00 bits per heavy atom. The minimum Gasteiger partial charge on any atom is -0.343 e. The summed E-state index contributed by atoms with van der Waals surface area (Å²) in [4.78, 5) is 16.5. The van der Waals surface area contributed by atoms with Crippen molar-refractivity contribution in [2.45, 2.75) is 58.5 Å². The van der Waals surface area contributed by atoms with Gasteiger partial charge in [-0.3, -0.25) is 9.69 Å². The Morgan fingerprint density at radius 1 is 1.39 bits per heavy atom. The second kappa shape index (κ2) is 6.53. The number of nitrogens with two attached hydrogens (primary N) is 1. The SMILES string of the molecule is CCN(CC)C(=O)CC(CN)N1CCCC1(C)C. The van der Waals surface area contributed by atoms with Gasteiger partial charge in [-0.25, -0.2) is 0 Å². The van der Waals surface area contributed by atoms with Gasteiger partial charge in [0.15, 0.2) is 0 Å². The van der Waals surface area contributed by atoms with Crippen LogP contribution in [0.25, 0.3) is 0 Å². The maximum absolute atomic E-state index is 12.2. The fraction of sp³-hybridized carbons (Fsp3) is 0.929. The molecule has 0 radical (unpaired) electrons. The first-order chi connectivity index (χ1) is 8.46. The molecule has 1 aliphatic heterocycles. The van der Waals surface area contributed by atoms with Crippen molar-refractivity contribution >= 4 is 5.91 Å². The molecule has 1 aliphatic rings. The van der Waals surface area contributed by atoms with Crippen molar-refractivity contribution in [3.05, 3.63) is 0 Å². The summed E-state index contributed by atoms with van der Waals surface area (Å²) in [6.07, 6.45) is 2.97. The van der Waals surface area contributed by atoms with Gasteiger partial charge in [-0.15, -0.1) is 0 Å². The molecule has 2 N–H and O–H groups in total. The number of nitrogens with zero attached hydrogens (tertiary/aromatic N) is 2. The Kier molecular flexibility index (Phi) is 5.60. The van der Waals surface area contributed by atoms with Crippen molar-refractivity contribution in [1.82, 2.24) is 9.80 Å². The third-order valence-electron chi connectivity index (χ3n) is 4.20. The normalized spacial score (nSPS) is 20.9. The topological polar surface area (TPSA) is 49.6 Å². The summed E-state index contributed by atoms with van der Waals surface area (Å²) in [5.74, 6) is 0.234. The summed E-state index contributed by atoms with van der Waals surface area (Å²) in [5, 5.41) is 0. The second-order valence-electron chi connectivity index (χ2n) is 5.77. The number of amides is 1. The van der Waals surface area contributed by atoms with E-state index in [2.05, 4.69) is 18.7 Å². The summed E-state index contributed by atoms with van der Waals surface area (Å²) < 4.78 is 0. The lowest BCUT2D eigenvalue weighted by Gasteiger charge is -2.38. The minimum atomic E-state index is 0.188. The van der Waals surface area contributed by atoms with Gasteiger partial charge in [0.05, 0.1) is 0 Å². The highest BCUT2D eigenvalue weighted by Crippen LogP contribution is 2.31. The van der Waals surface area contributed by atoms with Crippen LogP contribution in [0.3, 0.4) is 0 Å². The van der Waals surface area contributed by atoms with Crippen LogP contribution in [0.2, 0.25) is 0 Å². The standard InChI is InChI=1S/C14H29N3O/c1-5-16(6-2)13(18)10-12(11-15)17-9-7-8-14(17,3)4/h12H,5-11,15H2,1-4H3. The molecule has 0 aromatic rings. The van der Waals surface area contributed by atoms with Gasteiger partial charge in [0.2, 0.25) is 5.91 Å². The first-order valence-corrected chi connectivity index (χ1v) is 7.20. The lowest BCUT2D eigenvalue weighted by atomic mass is 9.99. The van der Waals surface area contributed by atoms with E-state index < -0.39 is 0 Å². The minimum absolute atomic E-state index is 0.188. The summed E-state index contributed by atoms with van der Waals surface area (Å²) >= 11 is 0. The van der Waals surface area contributed by atoms with E-state index in [1.165, 1.54) is 12.8 Å². The molecular weight excluding hydrogens is 226 g/mol. The lowest BCUT2D eigenvalue weighted by molar-refractivity contribution is -0.132. The molecule has 0 bridgehead atoms. The zero-order valence-electron chi connectivity index (χ0n) is 12.4. The zero-order chi connectivity index (χ0) is 13.8. The molecule has 4 heteroatoms. The smallest absolute Gasteiger partial charge is 0.224 e. The molecule has 0 aromatic heterocycles. The van der Waals surface area contributed by atoms with Crippen molar-refractivity contribution in [3.63, 3.8) is 0 Å². The van der Waals surface area contributed by atoms with Gasteiger partial charge in [-0.05, 0) is 47.1 Å². The highest BCUT2D eigenvalue weighted by Gasteiger charge is 2.37. The van der Waals surface area contributed by atoms with E-state index in [0.717, 1.165) is 19.6 Å². The molecule has 1 unspecified atom stereocenters. The average Bonchev–Trinajstić information content (AvgIpc) is 2.67. The van der Waals surface area contributed by atoms with E-state index in [1.54, 1.807) is 0 Å². The van der Waals surface area contributed by atoms with E-state index in [0.29, 0.717) is 13.0 Å². The highest BCUT2D eigenvalue weighted by molar-refractivity contribution is 5.76. The van der Waals surface area contributed by atoms with Crippen molar-refractivity contribution < 1.29 is 4.79 Å². The Balaban J connectivity index is 2.64. The molecule has 106 valence electrons. The summed E-state index contributed by atoms with van der Waals surface area (Å²) in [7, 11) is 0. The van der Waals surface area contributed by atoms with E-state index in [-0.39, 0.29) is 17.5 Å². The molecule has 0 saturated carbocycles. The Bertz CT molecular complexity index is 274. The maximum atomic E-state index is 12.2. The molecule has 1 rings (SSSR count). The van der Waals surface area contributed by atoms with Crippen LogP contribution in [-0.4, -0.2) is 53.5 Å². The number of hydrogen-bond acceptors (Lipinski definition) is 3. The van der Waals surface area contributed by atoms with Gasteiger partial charge in [0, 0.05) is 37.6 Å². The zero-order valence-corrected chi connectivity index (χ0v) is 12.4. The van der Waals surface area contributed by atoms with E-state index >= 15 is 0 Å². The molecule has 1 saturated heterocycles. The van der Waals surface area contributed by atoms with Gasteiger partial charge in [0.1, 0.15) is 0 Å². The fourth-order valence-electron chi connectivity index (χ4n) is 3.03. The fourth-order valence-corrected chi connectivity index (χ4v) is 3.03. The van der Waals surface area contributed by atoms with Gasteiger partial charge in [0.25, 0.3) is 0 Å². The number of rotatable bonds is 6. The number of likely N-dealkylation sites (tertiary alicyclic amines) is 1. The van der Waals surface area contributed by atoms with Crippen LogP contribution in [0, 0.1) is 0 Å². The molecule has 18 heavy (non-hydrogen) atoms. The molecule has 4 nitrogen and oxygen atoms in total. The third-order valence-corrected chi connectivity index (χ3v) is 4.20. The largest absolute Gasteiger partial charge is 0.343 e. The van der Waals surface area contributed by atoms with Crippen LogP contribution >= 0.6 is 0 Å². The van der Waals surface area contributed by atoms with Crippen LogP contribution in [0.4, 0.5) is 0 Å². The van der Waals surface area contributed by atoms with Crippen LogP contribution in [0.15, 0.2) is 0 Å². The third kappa shape index (κ3) is 3.45. The van der Waals surface area contributed by atoms with Gasteiger partial charge in [-0.2, -0.15) is 0 Å². The van der Waals surface area contributed by atoms with Crippen molar-refractivity contribution in [2.75, 3.05) is 26.2 Å². The van der Waals surface area contributed by atoms with Crippen LogP contribution in [-0.2, 0) is 4.79 Å². The molecule has 0 spiro atoms. The first kappa shape index (κ1) is 15.4. The Morgan fingerprint density at radius 3 is 2.39 bits per heavy atom. The number of carbonyl (C=O) groups is 1. The maximum Gasteiger partial charge on any atom is 0.224 e. The Labute approximate surface area is 111 Å². The van der Waals surface area contributed by atoms with Crippen molar-refractivity contribution in [3.8, 4) is 0 Å². The molecular formula is C14H29N3O. The quantitative estimate of drug-likeness (QED) is 0.781. The molecule has 1 amide bonds. The first-order valence-electron chi connectivity index (χ1n) is 7.20. The van der Waals surface area contributed by atoms with Gasteiger partial charge >= 0.3 is 0 Å². The summed E-state index contributed by atoms with van der Waals surface area (Å²) in [6.45, 7) is 11.8. The molecule has 0 aromatic carbocycles. The second-order valence-corrected chi connectivity index (χ2v) is 5.77. The highest BCUT2D eigenvalue weighted by atomic mass is 16.2. The number of carbonyl (C=O) groups excluding carboxylic acids is 1. The monoisotopic (exact) mass is 255 g/mol. The van der Waals surface area contributed by atoms with Crippen LogP contribution < -0.4 is 5.73 Å². The lowest BCUT2D eigenvalue weighted by Crippen LogP contribution is -2.50. The van der Waals surface area contributed by atoms with Crippen LogP contribution in [0.1, 0.15) is 47.0 Å². The predicted octanol–water partition coefficient (Wildman–Crippen LogP) is 1.45. The van der Waals surface area contributed by atoms with E-state index in [4.69, 9.17) is 5.73 Å². The molecule has 0 aliphatic carbocycles. The predicted molar refractivity (Wildman–Crippen MR) is 75.4 cm³/mol. The van der Waals surface area contributed by atoms with Crippen LogP contribution in [0.5, 0.6) is 0 Å². The molecule has 1 heterocycles. The van der Waals surface area contributed by atoms with E-state index in [1.807, 2.05) is 18.7 Å².